The van der Waals surface area contributed by atoms with Gasteiger partial charge in [-0.15, -0.1) is 0 Å². The summed E-state index contributed by atoms with van der Waals surface area (Å²) in [6, 6.07) is 3.09. The topological polar surface area (TPSA) is 77.1 Å². The minimum absolute atomic E-state index is 0.0957. The van der Waals surface area contributed by atoms with Gasteiger partial charge in [-0.25, -0.2) is 9.59 Å². The molecule has 2 aromatic rings. The van der Waals surface area contributed by atoms with Crippen LogP contribution in [0.3, 0.4) is 0 Å². The Hall–Kier alpha value is -2.37. The predicted octanol–water partition coefficient (Wildman–Crippen LogP) is 0.811. The fraction of sp³-hybridized carbons (Fsp3) is 0.250. The number of carbonyl (C=O) groups is 1. The SMILES string of the molecule is CCn1ccn(Cc2ccc(C(=O)O)cn2)c1=O. The molecular weight excluding hydrogens is 234 g/mol. The summed E-state index contributed by atoms with van der Waals surface area (Å²) >= 11 is 0. The Morgan fingerprint density at radius 2 is 2.06 bits per heavy atom. The minimum Gasteiger partial charge on any atom is -0.478 e. The van der Waals surface area contributed by atoms with Crippen LogP contribution >= 0.6 is 0 Å². The van der Waals surface area contributed by atoms with Gasteiger partial charge in [0.25, 0.3) is 0 Å². The lowest BCUT2D eigenvalue weighted by Crippen LogP contribution is -2.24. The average molecular weight is 247 g/mol. The largest absolute Gasteiger partial charge is 0.478 e. The third-order valence-electron chi connectivity index (χ3n) is 2.66. The molecule has 0 fully saturated rings. The van der Waals surface area contributed by atoms with E-state index in [1.165, 1.54) is 16.8 Å². The second-order valence-electron chi connectivity index (χ2n) is 3.84. The summed E-state index contributed by atoms with van der Waals surface area (Å²) in [7, 11) is 0. The number of rotatable bonds is 4. The fourth-order valence-corrected chi connectivity index (χ4v) is 1.63. The number of nitrogens with zero attached hydrogens (tertiary/aromatic N) is 3. The maximum atomic E-state index is 11.8. The fourth-order valence-electron chi connectivity index (χ4n) is 1.63. The molecule has 0 unspecified atom stereocenters. The highest BCUT2D eigenvalue weighted by Gasteiger charge is 2.05. The summed E-state index contributed by atoms with van der Waals surface area (Å²) in [6.45, 7) is 2.86. The molecule has 0 atom stereocenters. The Bertz CT molecular complexity index is 610. The molecule has 0 aliphatic heterocycles. The molecule has 0 aliphatic rings. The monoisotopic (exact) mass is 247 g/mol. The maximum absolute atomic E-state index is 11.8. The summed E-state index contributed by atoms with van der Waals surface area (Å²) in [4.78, 5) is 26.5. The maximum Gasteiger partial charge on any atom is 0.337 e. The van der Waals surface area contributed by atoms with E-state index in [9.17, 15) is 9.59 Å². The van der Waals surface area contributed by atoms with Crippen molar-refractivity contribution in [1.82, 2.24) is 14.1 Å². The van der Waals surface area contributed by atoms with E-state index in [0.717, 1.165) is 0 Å². The Balaban J connectivity index is 2.21. The van der Waals surface area contributed by atoms with Gasteiger partial charge in [0.15, 0.2) is 0 Å². The van der Waals surface area contributed by atoms with Crippen molar-refractivity contribution >= 4 is 5.97 Å². The second-order valence-corrected chi connectivity index (χ2v) is 3.84. The first-order valence-electron chi connectivity index (χ1n) is 5.55. The van der Waals surface area contributed by atoms with Gasteiger partial charge in [-0.2, -0.15) is 0 Å². The number of imidazole rings is 1. The van der Waals surface area contributed by atoms with Gasteiger partial charge in [-0.3, -0.25) is 14.1 Å². The molecule has 0 spiro atoms. The number of hydrogen-bond acceptors (Lipinski definition) is 3. The third kappa shape index (κ3) is 2.32. The van der Waals surface area contributed by atoms with E-state index in [2.05, 4.69) is 4.98 Å². The number of aryl methyl sites for hydroxylation is 1. The van der Waals surface area contributed by atoms with Crippen LogP contribution in [-0.4, -0.2) is 25.2 Å². The molecule has 0 radical (unpaired) electrons. The van der Waals surface area contributed by atoms with Gasteiger partial charge in [0, 0.05) is 25.1 Å². The molecule has 6 heteroatoms. The molecule has 0 bridgehead atoms. The zero-order valence-corrected chi connectivity index (χ0v) is 9.91. The summed E-state index contributed by atoms with van der Waals surface area (Å²) in [6.07, 6.45) is 4.70. The summed E-state index contributed by atoms with van der Waals surface area (Å²) in [5.41, 5.74) is 0.690. The first-order chi connectivity index (χ1) is 8.61. The van der Waals surface area contributed by atoms with Crippen molar-refractivity contribution in [2.24, 2.45) is 0 Å². The standard InChI is InChI=1S/C12H13N3O3/c1-2-14-5-6-15(12(14)18)8-10-4-3-9(7-13-10)11(16)17/h3-7H,2,8H2,1H3,(H,16,17). The van der Waals surface area contributed by atoms with E-state index in [1.807, 2.05) is 6.92 Å². The number of aromatic carboxylic acids is 1. The van der Waals surface area contributed by atoms with E-state index in [-0.39, 0.29) is 11.3 Å². The molecule has 0 aliphatic carbocycles. The Morgan fingerprint density at radius 3 is 2.56 bits per heavy atom. The van der Waals surface area contributed by atoms with Crippen LogP contribution in [0.5, 0.6) is 0 Å². The summed E-state index contributed by atoms with van der Waals surface area (Å²) in [5, 5.41) is 8.75. The molecule has 1 N–H and O–H groups in total. The Labute approximate surface area is 103 Å². The quantitative estimate of drug-likeness (QED) is 0.867. The van der Waals surface area contributed by atoms with Crippen molar-refractivity contribution in [3.8, 4) is 0 Å². The molecule has 0 amide bonds. The van der Waals surface area contributed by atoms with E-state index in [0.29, 0.717) is 18.8 Å². The van der Waals surface area contributed by atoms with Crippen molar-refractivity contribution in [2.75, 3.05) is 0 Å². The Kier molecular flexibility index (Phi) is 3.27. The van der Waals surface area contributed by atoms with Gasteiger partial charge in [-0.1, -0.05) is 0 Å². The highest BCUT2D eigenvalue weighted by atomic mass is 16.4. The first kappa shape index (κ1) is 12.1. The lowest BCUT2D eigenvalue weighted by molar-refractivity contribution is 0.0696. The van der Waals surface area contributed by atoms with Crippen molar-refractivity contribution < 1.29 is 9.90 Å². The van der Waals surface area contributed by atoms with Crippen LogP contribution in [0.1, 0.15) is 23.0 Å². The molecule has 0 saturated heterocycles. The summed E-state index contributed by atoms with van der Waals surface area (Å²) in [5.74, 6) is -1.01. The van der Waals surface area contributed by atoms with Gasteiger partial charge in [0.2, 0.25) is 0 Å². The zero-order valence-electron chi connectivity index (χ0n) is 9.91. The van der Waals surface area contributed by atoms with Crippen molar-refractivity contribution in [1.29, 1.82) is 0 Å². The lowest BCUT2D eigenvalue weighted by Gasteiger charge is -2.01. The molecule has 0 aromatic carbocycles. The molecule has 0 saturated carbocycles. The Morgan fingerprint density at radius 1 is 1.33 bits per heavy atom. The normalized spacial score (nSPS) is 10.5. The zero-order chi connectivity index (χ0) is 13.1. The number of hydrogen-bond donors (Lipinski definition) is 1. The van der Waals surface area contributed by atoms with Gasteiger partial charge in [0.05, 0.1) is 17.8 Å². The van der Waals surface area contributed by atoms with Crippen LogP contribution in [0.4, 0.5) is 0 Å². The highest BCUT2D eigenvalue weighted by Crippen LogP contribution is 2.01. The van der Waals surface area contributed by atoms with Crippen LogP contribution in [0.2, 0.25) is 0 Å². The van der Waals surface area contributed by atoms with E-state index >= 15 is 0 Å². The van der Waals surface area contributed by atoms with Gasteiger partial charge in [0.1, 0.15) is 0 Å². The van der Waals surface area contributed by atoms with E-state index in [4.69, 9.17) is 5.11 Å². The highest BCUT2D eigenvalue weighted by molar-refractivity contribution is 5.87. The predicted molar refractivity (Wildman–Crippen MR) is 64.7 cm³/mol. The molecule has 18 heavy (non-hydrogen) atoms. The van der Waals surface area contributed by atoms with Crippen LogP contribution < -0.4 is 5.69 Å². The van der Waals surface area contributed by atoms with Crippen molar-refractivity contribution in [2.45, 2.75) is 20.0 Å². The molecule has 6 nitrogen and oxygen atoms in total. The molecule has 94 valence electrons. The smallest absolute Gasteiger partial charge is 0.337 e. The van der Waals surface area contributed by atoms with Crippen LogP contribution in [-0.2, 0) is 13.1 Å². The van der Waals surface area contributed by atoms with E-state index in [1.54, 1.807) is 23.0 Å². The molecular formula is C12H13N3O3. The summed E-state index contributed by atoms with van der Waals surface area (Å²) < 4.78 is 3.12. The first-order valence-corrected chi connectivity index (χ1v) is 5.55. The van der Waals surface area contributed by atoms with Crippen LogP contribution in [0.25, 0.3) is 0 Å². The average Bonchev–Trinajstić information content (AvgIpc) is 2.71. The third-order valence-corrected chi connectivity index (χ3v) is 2.66. The van der Waals surface area contributed by atoms with Gasteiger partial charge < -0.3 is 5.11 Å². The molecule has 2 rings (SSSR count). The van der Waals surface area contributed by atoms with Crippen LogP contribution in [0.15, 0.2) is 35.5 Å². The number of carboxylic acid groups (broad SMARTS) is 1. The molecule has 2 aromatic heterocycles. The number of carboxylic acids is 1. The van der Waals surface area contributed by atoms with Crippen LogP contribution in [0, 0.1) is 0 Å². The lowest BCUT2D eigenvalue weighted by atomic mass is 10.2. The second kappa shape index (κ2) is 4.87. The van der Waals surface area contributed by atoms with E-state index < -0.39 is 5.97 Å². The minimum atomic E-state index is -1.01. The van der Waals surface area contributed by atoms with Gasteiger partial charge >= 0.3 is 11.7 Å². The number of aromatic nitrogens is 3. The van der Waals surface area contributed by atoms with Crippen molar-refractivity contribution in [3.63, 3.8) is 0 Å². The van der Waals surface area contributed by atoms with Crippen molar-refractivity contribution in [3.05, 3.63) is 52.5 Å². The molecule has 2 heterocycles. The van der Waals surface area contributed by atoms with Gasteiger partial charge in [-0.05, 0) is 19.1 Å². The number of pyridine rings is 1.